The summed E-state index contributed by atoms with van der Waals surface area (Å²) in [5.74, 6) is 0.686. The summed E-state index contributed by atoms with van der Waals surface area (Å²) in [5, 5.41) is 3.99. The summed E-state index contributed by atoms with van der Waals surface area (Å²) < 4.78 is 0. The van der Waals surface area contributed by atoms with Gasteiger partial charge in [0, 0.05) is 36.4 Å². The highest BCUT2D eigenvalue weighted by Gasteiger charge is 2.31. The van der Waals surface area contributed by atoms with Crippen LogP contribution in [0.1, 0.15) is 12.5 Å². The van der Waals surface area contributed by atoms with E-state index in [1.807, 2.05) is 7.05 Å². The average molecular weight is 282 g/mol. The van der Waals surface area contributed by atoms with Gasteiger partial charge in [0.2, 0.25) is 0 Å². The number of benzene rings is 1. The maximum absolute atomic E-state index is 6.34. The van der Waals surface area contributed by atoms with Crippen LogP contribution in [0.4, 0.5) is 5.69 Å². The minimum atomic E-state index is 0.621. The van der Waals surface area contributed by atoms with Gasteiger partial charge in [-0.1, -0.05) is 24.6 Å². The molecule has 0 radical (unpaired) electrons. The molecule has 0 aromatic heterocycles. The molecule has 1 aliphatic heterocycles. The Morgan fingerprint density at radius 1 is 1.37 bits per heavy atom. The summed E-state index contributed by atoms with van der Waals surface area (Å²) in [6.07, 6.45) is 0. The Labute approximate surface area is 121 Å². The zero-order chi connectivity index (χ0) is 14.0. The van der Waals surface area contributed by atoms with Crippen LogP contribution in [0.2, 0.25) is 5.02 Å². The quantitative estimate of drug-likeness (QED) is 0.915. The van der Waals surface area contributed by atoms with Gasteiger partial charge in [-0.25, -0.2) is 0 Å². The molecule has 106 valence electrons. The number of halogens is 1. The smallest absolute Gasteiger partial charge is 0.0471 e. The molecule has 1 fully saturated rings. The Balaban J connectivity index is 2.13. The van der Waals surface area contributed by atoms with E-state index in [0.717, 1.165) is 30.2 Å². The van der Waals surface area contributed by atoms with Gasteiger partial charge >= 0.3 is 0 Å². The maximum Gasteiger partial charge on any atom is 0.0471 e. The van der Waals surface area contributed by atoms with Crippen LogP contribution in [0, 0.1) is 5.92 Å². The molecule has 3 nitrogen and oxygen atoms in total. The van der Waals surface area contributed by atoms with Gasteiger partial charge in [-0.2, -0.15) is 0 Å². The lowest BCUT2D eigenvalue weighted by molar-refractivity contribution is 0.266. The third-order valence-corrected chi connectivity index (χ3v) is 4.36. The van der Waals surface area contributed by atoms with Crippen molar-refractivity contribution < 1.29 is 0 Å². The van der Waals surface area contributed by atoms with Gasteiger partial charge < -0.3 is 15.1 Å². The van der Waals surface area contributed by atoms with Gasteiger partial charge in [0.05, 0.1) is 0 Å². The van der Waals surface area contributed by atoms with E-state index >= 15 is 0 Å². The van der Waals surface area contributed by atoms with Gasteiger partial charge in [-0.15, -0.1) is 0 Å². The minimum Gasteiger partial charge on any atom is -0.370 e. The van der Waals surface area contributed by atoms with Crippen molar-refractivity contribution in [1.29, 1.82) is 0 Å². The molecule has 19 heavy (non-hydrogen) atoms. The molecule has 1 aromatic carbocycles. The van der Waals surface area contributed by atoms with Gasteiger partial charge in [-0.3, -0.25) is 0 Å². The van der Waals surface area contributed by atoms with Crippen LogP contribution in [-0.4, -0.2) is 45.2 Å². The van der Waals surface area contributed by atoms with Crippen molar-refractivity contribution in [2.24, 2.45) is 5.92 Å². The molecule has 1 N–H and O–H groups in total. The van der Waals surface area contributed by atoms with E-state index in [9.17, 15) is 0 Å². The van der Waals surface area contributed by atoms with E-state index < -0.39 is 0 Å². The molecule has 1 saturated heterocycles. The molecule has 1 aromatic rings. The molecule has 2 atom stereocenters. The summed E-state index contributed by atoms with van der Waals surface area (Å²) in [6.45, 7) is 5.32. The highest BCUT2D eigenvalue weighted by molar-refractivity contribution is 6.31. The van der Waals surface area contributed by atoms with Gasteiger partial charge in [0.15, 0.2) is 0 Å². The lowest BCUT2D eigenvalue weighted by Crippen LogP contribution is -2.34. The summed E-state index contributed by atoms with van der Waals surface area (Å²) >= 11 is 6.34. The normalized spacial score (nSPS) is 23.4. The van der Waals surface area contributed by atoms with Crippen molar-refractivity contribution >= 4 is 17.3 Å². The fraction of sp³-hybridized carbons (Fsp3) is 0.600. The number of nitrogens with zero attached hydrogens (tertiary/aromatic N) is 2. The van der Waals surface area contributed by atoms with Gasteiger partial charge in [0.1, 0.15) is 0 Å². The second kappa shape index (κ2) is 6.12. The number of nitrogens with one attached hydrogen (secondary N) is 1. The molecule has 1 heterocycles. The highest BCUT2D eigenvalue weighted by atomic mass is 35.5. The Hall–Kier alpha value is -0.770. The second-order valence-corrected chi connectivity index (χ2v) is 6.13. The molecular weight excluding hydrogens is 258 g/mol. The molecule has 0 bridgehead atoms. The number of rotatable bonds is 4. The molecule has 2 unspecified atom stereocenters. The average Bonchev–Trinajstić information content (AvgIpc) is 2.74. The van der Waals surface area contributed by atoms with Crippen molar-refractivity contribution in [1.82, 2.24) is 10.2 Å². The Kier molecular flexibility index (Phi) is 4.71. The van der Waals surface area contributed by atoms with Crippen molar-refractivity contribution in [2.45, 2.75) is 19.5 Å². The standard InChI is InChI=1S/C15H24ClN3/c1-11-9-19(10-15(11)18(3)4)13-6-5-12(8-17-2)14(16)7-13/h5-7,11,15,17H,8-10H2,1-4H3. The van der Waals surface area contributed by atoms with E-state index in [0.29, 0.717) is 12.0 Å². The third-order valence-electron chi connectivity index (χ3n) is 4.00. The van der Waals surface area contributed by atoms with E-state index in [4.69, 9.17) is 11.6 Å². The van der Waals surface area contributed by atoms with Crippen LogP contribution in [-0.2, 0) is 6.54 Å². The minimum absolute atomic E-state index is 0.621. The van der Waals surface area contributed by atoms with Crippen LogP contribution in [0.15, 0.2) is 18.2 Å². The van der Waals surface area contributed by atoms with Gasteiger partial charge in [0.25, 0.3) is 0 Å². The molecule has 0 spiro atoms. The summed E-state index contributed by atoms with van der Waals surface area (Å²) in [7, 11) is 6.26. The molecule has 2 rings (SSSR count). The van der Waals surface area contributed by atoms with Crippen LogP contribution in [0.5, 0.6) is 0 Å². The number of hydrogen-bond acceptors (Lipinski definition) is 3. The van der Waals surface area contributed by atoms with Crippen molar-refractivity contribution in [2.75, 3.05) is 39.1 Å². The predicted octanol–water partition coefficient (Wildman–Crippen LogP) is 2.45. The first kappa shape index (κ1) is 14.6. The van der Waals surface area contributed by atoms with Crippen LogP contribution >= 0.6 is 11.6 Å². The van der Waals surface area contributed by atoms with Crippen LogP contribution in [0.3, 0.4) is 0 Å². The largest absolute Gasteiger partial charge is 0.370 e. The maximum atomic E-state index is 6.34. The Morgan fingerprint density at radius 2 is 2.11 bits per heavy atom. The Morgan fingerprint density at radius 3 is 2.63 bits per heavy atom. The molecule has 0 amide bonds. The zero-order valence-corrected chi connectivity index (χ0v) is 13.0. The lowest BCUT2D eigenvalue weighted by Gasteiger charge is -2.23. The van der Waals surface area contributed by atoms with Gasteiger partial charge in [-0.05, 0) is 44.8 Å². The van der Waals surface area contributed by atoms with Crippen LogP contribution in [0.25, 0.3) is 0 Å². The fourth-order valence-corrected chi connectivity index (χ4v) is 3.14. The van der Waals surface area contributed by atoms with E-state index in [2.05, 4.69) is 54.3 Å². The fourth-order valence-electron chi connectivity index (χ4n) is 2.90. The second-order valence-electron chi connectivity index (χ2n) is 5.72. The SMILES string of the molecule is CNCc1ccc(N2CC(C)C(N(C)C)C2)cc1Cl. The number of anilines is 1. The molecule has 0 saturated carbocycles. The predicted molar refractivity (Wildman–Crippen MR) is 83.1 cm³/mol. The molecule has 4 heteroatoms. The monoisotopic (exact) mass is 281 g/mol. The summed E-state index contributed by atoms with van der Waals surface area (Å²) in [6, 6.07) is 7.03. The van der Waals surface area contributed by atoms with Crippen LogP contribution < -0.4 is 10.2 Å². The molecule has 0 aliphatic carbocycles. The summed E-state index contributed by atoms with van der Waals surface area (Å²) in [5.41, 5.74) is 2.39. The first-order valence-corrected chi connectivity index (χ1v) is 7.25. The van der Waals surface area contributed by atoms with Crippen molar-refractivity contribution in [3.05, 3.63) is 28.8 Å². The van der Waals surface area contributed by atoms with Crippen molar-refractivity contribution in [3.8, 4) is 0 Å². The number of hydrogen-bond donors (Lipinski definition) is 1. The number of likely N-dealkylation sites (N-methyl/N-ethyl adjacent to an activating group) is 1. The van der Waals surface area contributed by atoms with Crippen molar-refractivity contribution in [3.63, 3.8) is 0 Å². The zero-order valence-electron chi connectivity index (χ0n) is 12.3. The first-order valence-electron chi connectivity index (χ1n) is 6.87. The summed E-state index contributed by atoms with van der Waals surface area (Å²) in [4.78, 5) is 4.76. The van der Waals surface area contributed by atoms with E-state index in [1.165, 1.54) is 5.69 Å². The van der Waals surface area contributed by atoms with E-state index in [1.54, 1.807) is 0 Å². The molecular formula is C15H24ClN3. The lowest BCUT2D eigenvalue weighted by atomic mass is 10.1. The highest BCUT2D eigenvalue weighted by Crippen LogP contribution is 2.29. The van der Waals surface area contributed by atoms with E-state index in [-0.39, 0.29) is 0 Å². The Bertz CT molecular complexity index is 433. The third kappa shape index (κ3) is 3.22. The molecule has 1 aliphatic rings. The first-order chi connectivity index (χ1) is 9.02. The topological polar surface area (TPSA) is 18.5 Å².